The summed E-state index contributed by atoms with van der Waals surface area (Å²) in [7, 11) is 3.24. The van der Waals surface area contributed by atoms with Gasteiger partial charge in [0.1, 0.15) is 23.6 Å². The van der Waals surface area contributed by atoms with Crippen molar-refractivity contribution in [1.82, 2.24) is 9.97 Å². The summed E-state index contributed by atoms with van der Waals surface area (Å²) in [5.74, 6) is 2.17. The van der Waals surface area contributed by atoms with Gasteiger partial charge in [0.2, 0.25) is 0 Å². The number of rotatable bonds is 4. The number of methoxy groups -OCH3 is 2. The molecule has 0 unspecified atom stereocenters. The van der Waals surface area contributed by atoms with Gasteiger partial charge in [0.05, 0.1) is 19.9 Å². The smallest absolute Gasteiger partial charge is 0.146 e. The molecule has 2 aromatic rings. The standard InChI is InChI=1S/C13H15N3O2.ClH/c1-9-6-13(15-8-14-9)16-11-5-4-10(17-2)7-12(11)18-3;/h4-8H,1-3H3,(H,14,15,16);1H. The zero-order valence-corrected chi connectivity index (χ0v) is 11.8. The normalized spacial score (nSPS) is 9.42. The zero-order chi connectivity index (χ0) is 13.0. The largest absolute Gasteiger partial charge is 0.497 e. The number of aryl methyl sites for hydroxylation is 1. The number of hydrogen-bond donors (Lipinski definition) is 1. The van der Waals surface area contributed by atoms with Crippen LogP contribution in [0.4, 0.5) is 11.5 Å². The zero-order valence-electron chi connectivity index (χ0n) is 11.0. The lowest BCUT2D eigenvalue weighted by molar-refractivity contribution is 0.395. The lowest BCUT2D eigenvalue weighted by Gasteiger charge is -2.11. The minimum atomic E-state index is 0. The Morgan fingerprint density at radius 1 is 1.05 bits per heavy atom. The number of benzene rings is 1. The number of aromatic nitrogens is 2. The number of halogens is 1. The van der Waals surface area contributed by atoms with Gasteiger partial charge in [-0.1, -0.05) is 0 Å². The molecule has 0 aliphatic rings. The highest BCUT2D eigenvalue weighted by molar-refractivity contribution is 5.85. The van der Waals surface area contributed by atoms with Crippen molar-refractivity contribution in [2.24, 2.45) is 0 Å². The lowest BCUT2D eigenvalue weighted by Crippen LogP contribution is -1.98. The van der Waals surface area contributed by atoms with Crippen molar-refractivity contribution < 1.29 is 9.47 Å². The maximum atomic E-state index is 5.30. The van der Waals surface area contributed by atoms with Crippen LogP contribution in [0.5, 0.6) is 11.5 Å². The average Bonchev–Trinajstić information content (AvgIpc) is 2.39. The van der Waals surface area contributed by atoms with E-state index in [0.29, 0.717) is 5.75 Å². The van der Waals surface area contributed by atoms with E-state index in [-0.39, 0.29) is 12.4 Å². The van der Waals surface area contributed by atoms with E-state index in [1.54, 1.807) is 14.2 Å². The summed E-state index contributed by atoms with van der Waals surface area (Å²) in [5.41, 5.74) is 1.73. The summed E-state index contributed by atoms with van der Waals surface area (Å²) in [6, 6.07) is 7.42. The fraction of sp³-hybridized carbons (Fsp3) is 0.231. The van der Waals surface area contributed by atoms with Gasteiger partial charge in [-0.15, -0.1) is 12.4 Å². The molecule has 102 valence electrons. The maximum Gasteiger partial charge on any atom is 0.146 e. The molecule has 1 aromatic heterocycles. The van der Waals surface area contributed by atoms with Crippen LogP contribution < -0.4 is 14.8 Å². The van der Waals surface area contributed by atoms with Gasteiger partial charge in [-0.3, -0.25) is 0 Å². The molecule has 19 heavy (non-hydrogen) atoms. The molecule has 0 saturated heterocycles. The Morgan fingerprint density at radius 3 is 2.47 bits per heavy atom. The van der Waals surface area contributed by atoms with E-state index < -0.39 is 0 Å². The van der Waals surface area contributed by atoms with Crippen molar-refractivity contribution in [1.29, 1.82) is 0 Å². The van der Waals surface area contributed by atoms with E-state index in [1.807, 2.05) is 31.2 Å². The molecule has 0 spiro atoms. The molecular weight excluding hydrogens is 266 g/mol. The van der Waals surface area contributed by atoms with Crippen molar-refractivity contribution in [2.45, 2.75) is 6.92 Å². The topological polar surface area (TPSA) is 56.3 Å². The molecule has 0 fully saturated rings. The number of nitrogens with zero attached hydrogens (tertiary/aromatic N) is 2. The second-order valence-corrected chi connectivity index (χ2v) is 3.74. The third-order valence-electron chi connectivity index (χ3n) is 2.48. The summed E-state index contributed by atoms with van der Waals surface area (Å²) in [6.45, 7) is 1.91. The monoisotopic (exact) mass is 281 g/mol. The van der Waals surface area contributed by atoms with Crippen molar-refractivity contribution in [3.8, 4) is 11.5 Å². The van der Waals surface area contributed by atoms with E-state index in [1.165, 1.54) is 6.33 Å². The molecule has 0 aliphatic carbocycles. The SMILES string of the molecule is COc1ccc(Nc2cc(C)ncn2)c(OC)c1.Cl. The number of nitrogens with one attached hydrogen (secondary N) is 1. The second kappa shape index (κ2) is 6.80. The van der Waals surface area contributed by atoms with E-state index in [9.17, 15) is 0 Å². The summed E-state index contributed by atoms with van der Waals surface area (Å²) in [5, 5.41) is 3.18. The Hall–Kier alpha value is -2.01. The molecule has 1 heterocycles. The summed E-state index contributed by atoms with van der Waals surface area (Å²) in [6.07, 6.45) is 1.52. The summed E-state index contributed by atoms with van der Waals surface area (Å²) >= 11 is 0. The number of ether oxygens (including phenoxy) is 2. The third-order valence-corrected chi connectivity index (χ3v) is 2.48. The Balaban J connectivity index is 0.00000180. The van der Waals surface area contributed by atoms with Crippen LogP contribution >= 0.6 is 12.4 Å². The van der Waals surface area contributed by atoms with Crippen LogP contribution in [0.1, 0.15) is 5.69 Å². The number of anilines is 2. The predicted molar refractivity (Wildman–Crippen MR) is 76.8 cm³/mol. The molecule has 0 saturated carbocycles. The third kappa shape index (κ3) is 3.72. The highest BCUT2D eigenvalue weighted by Crippen LogP contribution is 2.30. The number of hydrogen-bond acceptors (Lipinski definition) is 5. The molecule has 0 atom stereocenters. The lowest BCUT2D eigenvalue weighted by atomic mass is 10.2. The van der Waals surface area contributed by atoms with Crippen LogP contribution in [0.25, 0.3) is 0 Å². The van der Waals surface area contributed by atoms with Crippen LogP contribution in [0, 0.1) is 6.92 Å². The van der Waals surface area contributed by atoms with E-state index in [0.717, 1.165) is 22.9 Å². The van der Waals surface area contributed by atoms with Gasteiger partial charge in [0.15, 0.2) is 0 Å². The summed E-state index contributed by atoms with van der Waals surface area (Å²) in [4.78, 5) is 8.19. The van der Waals surface area contributed by atoms with Gasteiger partial charge in [-0.2, -0.15) is 0 Å². The molecule has 6 heteroatoms. The molecule has 0 radical (unpaired) electrons. The van der Waals surface area contributed by atoms with E-state index >= 15 is 0 Å². The van der Waals surface area contributed by atoms with Gasteiger partial charge in [-0.25, -0.2) is 9.97 Å². The molecule has 0 amide bonds. The van der Waals surface area contributed by atoms with E-state index in [4.69, 9.17) is 9.47 Å². The minimum Gasteiger partial charge on any atom is -0.497 e. The maximum absolute atomic E-state index is 5.30. The van der Waals surface area contributed by atoms with Crippen LogP contribution in [-0.4, -0.2) is 24.2 Å². The first-order valence-corrected chi connectivity index (χ1v) is 5.50. The van der Waals surface area contributed by atoms with Gasteiger partial charge in [-0.05, 0) is 19.1 Å². The Labute approximate surface area is 118 Å². The second-order valence-electron chi connectivity index (χ2n) is 3.74. The highest BCUT2D eigenvalue weighted by Gasteiger charge is 2.06. The van der Waals surface area contributed by atoms with Gasteiger partial charge < -0.3 is 14.8 Å². The average molecular weight is 282 g/mol. The van der Waals surface area contributed by atoms with Crippen LogP contribution in [0.3, 0.4) is 0 Å². The first-order chi connectivity index (χ1) is 8.72. The van der Waals surface area contributed by atoms with Gasteiger partial charge in [0.25, 0.3) is 0 Å². The Kier molecular flexibility index (Phi) is 5.38. The van der Waals surface area contributed by atoms with Crippen LogP contribution in [0.2, 0.25) is 0 Å². The fourth-order valence-corrected chi connectivity index (χ4v) is 1.56. The summed E-state index contributed by atoms with van der Waals surface area (Å²) < 4.78 is 10.5. The van der Waals surface area contributed by atoms with Crippen molar-refractivity contribution in [2.75, 3.05) is 19.5 Å². The first-order valence-electron chi connectivity index (χ1n) is 5.50. The van der Waals surface area contributed by atoms with Crippen LogP contribution in [-0.2, 0) is 0 Å². The van der Waals surface area contributed by atoms with Crippen molar-refractivity contribution in [3.63, 3.8) is 0 Å². The Morgan fingerprint density at radius 2 is 1.84 bits per heavy atom. The molecular formula is C13H16ClN3O2. The molecule has 5 nitrogen and oxygen atoms in total. The van der Waals surface area contributed by atoms with Gasteiger partial charge >= 0.3 is 0 Å². The predicted octanol–water partition coefficient (Wildman–Crippen LogP) is 2.97. The molecule has 1 N–H and O–H groups in total. The molecule has 0 bridgehead atoms. The molecule has 2 rings (SSSR count). The first kappa shape index (κ1) is 15.0. The van der Waals surface area contributed by atoms with Crippen molar-refractivity contribution in [3.05, 3.63) is 36.3 Å². The van der Waals surface area contributed by atoms with Gasteiger partial charge in [0, 0.05) is 17.8 Å². The highest BCUT2D eigenvalue weighted by atomic mass is 35.5. The van der Waals surface area contributed by atoms with Crippen LogP contribution in [0.15, 0.2) is 30.6 Å². The van der Waals surface area contributed by atoms with Crippen molar-refractivity contribution >= 4 is 23.9 Å². The quantitative estimate of drug-likeness (QED) is 0.934. The Bertz CT molecular complexity index is 549. The minimum absolute atomic E-state index is 0. The fourth-order valence-electron chi connectivity index (χ4n) is 1.56. The molecule has 0 aliphatic heterocycles. The molecule has 1 aromatic carbocycles. The van der Waals surface area contributed by atoms with E-state index in [2.05, 4.69) is 15.3 Å².